The largest absolute Gasteiger partial charge is 2.00 e. The molecule has 0 radical (unpaired) electrons. The van der Waals surface area contributed by atoms with E-state index in [-0.39, 0.29) is 109 Å². The molecule has 8 rings (SSSR count). The van der Waals surface area contributed by atoms with Gasteiger partial charge in [0, 0.05) is 0 Å². The average Bonchev–Trinajstić information content (AvgIpc) is 4.19. The molecule has 0 aromatic heterocycles. The molecule has 0 unspecified atom stereocenters. The molecule has 8 aromatic rings. The van der Waals surface area contributed by atoms with Crippen molar-refractivity contribution in [2.75, 3.05) is 49.3 Å². The van der Waals surface area contributed by atoms with Crippen molar-refractivity contribution in [3.05, 3.63) is 142 Å². The summed E-state index contributed by atoms with van der Waals surface area (Å²) < 4.78 is 0. The molecular formula is C76H112Cl2P4Zr2-2. The number of hydrogen-bond acceptors (Lipinski definition) is 0. The van der Waals surface area contributed by atoms with E-state index in [1.165, 1.54) is 137 Å². The predicted molar refractivity (Wildman–Crippen MR) is 380 cm³/mol. The number of hydrogen-bond donors (Lipinski definition) is 0. The molecule has 460 valence electrons. The smallest absolute Gasteiger partial charge is 1.00 e. The van der Waals surface area contributed by atoms with E-state index in [4.69, 9.17) is 0 Å². The Kier molecular flexibility index (Phi) is 37.1. The maximum atomic E-state index is 2.48. The van der Waals surface area contributed by atoms with Gasteiger partial charge in [-0.1, -0.05) is 217 Å². The van der Waals surface area contributed by atoms with Crippen molar-refractivity contribution in [3.8, 4) is 0 Å². The fourth-order valence-electron chi connectivity index (χ4n) is 11.7. The minimum atomic E-state index is -0.00626. The van der Waals surface area contributed by atoms with Crippen molar-refractivity contribution >= 4 is 96.0 Å². The Morgan fingerprint density at radius 3 is 0.500 bits per heavy atom. The van der Waals surface area contributed by atoms with Crippen molar-refractivity contribution in [3.63, 3.8) is 0 Å². The first-order valence-corrected chi connectivity index (χ1v) is 38.0. The van der Waals surface area contributed by atoms with Gasteiger partial charge in [-0.2, -0.15) is 24.3 Å². The van der Waals surface area contributed by atoms with Gasteiger partial charge < -0.3 is 24.8 Å². The number of rotatable bonds is 20. The van der Waals surface area contributed by atoms with E-state index in [1.807, 2.05) is 0 Å². The first kappa shape index (κ1) is 81.4. The topological polar surface area (TPSA) is 0 Å². The number of aryl methyl sites for hydroxylation is 8. The molecule has 0 saturated heterocycles. The second-order valence-electron chi connectivity index (χ2n) is 27.7. The van der Waals surface area contributed by atoms with E-state index in [9.17, 15) is 0 Å². The third-order valence-corrected chi connectivity index (χ3v) is 28.7. The molecule has 0 fully saturated rings. The predicted octanol–water partition coefficient (Wildman–Crippen LogP) is 16.4. The molecule has 0 aliphatic carbocycles. The summed E-state index contributed by atoms with van der Waals surface area (Å²) >= 11 is 0. The van der Waals surface area contributed by atoms with E-state index in [1.54, 1.807) is 21.2 Å². The maximum Gasteiger partial charge on any atom is 2.00 e. The molecule has 0 nitrogen and oxygen atoms in total. The molecule has 0 spiro atoms. The van der Waals surface area contributed by atoms with Gasteiger partial charge in [-0.3, -0.25) is 0 Å². The molecule has 0 atom stereocenters. The Hall–Kier alpha value is -0.614. The molecule has 0 N–H and O–H groups in total. The maximum absolute atomic E-state index is 2.48. The third kappa shape index (κ3) is 24.2. The van der Waals surface area contributed by atoms with Gasteiger partial charge in [-0.05, 0) is 124 Å². The minimum Gasteiger partial charge on any atom is -1.00 e. The normalized spacial score (nSPS) is 11.7. The first-order chi connectivity index (χ1) is 37.5. The molecule has 0 heterocycles. The molecular weight excluding hydrogens is 1290 g/mol. The van der Waals surface area contributed by atoms with Crippen LogP contribution in [0.15, 0.2) is 97.1 Å². The van der Waals surface area contributed by atoms with E-state index in [0.717, 1.165) is 47.3 Å². The van der Waals surface area contributed by atoms with E-state index < -0.39 is 0 Å². The molecule has 8 aromatic carbocycles. The monoisotopic (exact) mass is 1400 g/mol. The number of fused-ring (bicyclic) bond motifs is 4. The van der Waals surface area contributed by atoms with Gasteiger partial charge in [0.2, 0.25) is 0 Å². The summed E-state index contributed by atoms with van der Waals surface area (Å²) in [6.07, 6.45) is 10.9. The summed E-state index contributed by atoms with van der Waals surface area (Å²) in [5.41, 5.74) is 11.3. The summed E-state index contributed by atoms with van der Waals surface area (Å²) in [7, 11) is -0.0250. The van der Waals surface area contributed by atoms with Crippen molar-refractivity contribution < 1.29 is 77.2 Å². The van der Waals surface area contributed by atoms with Crippen LogP contribution in [0.3, 0.4) is 0 Å². The van der Waals surface area contributed by atoms with Crippen LogP contribution in [0.1, 0.15) is 155 Å². The van der Waals surface area contributed by atoms with Gasteiger partial charge in [0.15, 0.2) is 0 Å². The Bertz CT molecular complexity index is 2550. The van der Waals surface area contributed by atoms with Crippen LogP contribution in [0.2, 0.25) is 0 Å². The first-order valence-electron chi connectivity index (χ1n) is 31.2. The van der Waals surface area contributed by atoms with Crippen LogP contribution in [-0.4, -0.2) is 49.3 Å². The second-order valence-corrected chi connectivity index (χ2v) is 37.0. The van der Waals surface area contributed by atoms with Gasteiger partial charge in [-0.25, -0.2) is 0 Å². The Morgan fingerprint density at radius 2 is 0.381 bits per heavy atom. The average molecular weight is 1400 g/mol. The molecule has 0 aliphatic heterocycles. The molecule has 8 heteroatoms. The zero-order chi connectivity index (χ0) is 59.4. The van der Waals surface area contributed by atoms with Crippen LogP contribution in [0.4, 0.5) is 0 Å². The van der Waals surface area contributed by atoms with E-state index in [0.29, 0.717) is 0 Å². The van der Waals surface area contributed by atoms with Gasteiger partial charge in [-0.15, -0.1) is 135 Å². The van der Waals surface area contributed by atoms with Crippen LogP contribution in [-0.2, 0) is 52.4 Å². The second kappa shape index (κ2) is 38.3. The molecule has 0 saturated carbocycles. The van der Waals surface area contributed by atoms with Gasteiger partial charge in [0.25, 0.3) is 0 Å². The summed E-state index contributed by atoms with van der Waals surface area (Å²) in [5, 5.41) is 18.3. The summed E-state index contributed by atoms with van der Waals surface area (Å²) in [6, 6.07) is 37.9. The van der Waals surface area contributed by atoms with Crippen molar-refractivity contribution in [2.24, 2.45) is 47.3 Å². The Morgan fingerprint density at radius 1 is 0.250 bits per heavy atom. The summed E-state index contributed by atoms with van der Waals surface area (Å²) in [5.74, 6) is 6.33. The molecule has 0 amide bonds. The van der Waals surface area contributed by atoms with Gasteiger partial charge in [0.05, 0.1) is 0 Å². The fraction of sp³-hybridized carbons (Fsp3) is 0.526. The molecule has 84 heavy (non-hydrogen) atoms. The summed E-state index contributed by atoms with van der Waals surface area (Å²) in [6.45, 7) is 55.6. The Balaban J connectivity index is 0.000000551. The minimum absolute atomic E-state index is 0. The fourth-order valence-corrected chi connectivity index (χ4v) is 23.5. The van der Waals surface area contributed by atoms with Crippen LogP contribution < -0.4 is 46.0 Å². The zero-order valence-electron chi connectivity index (χ0n) is 57.1. The standard InChI is InChI=1S/4C19H28P.2ClH.2Zr/c4*1-13(2)11-20(12-14(3)4)17-9-18-15(5)7-8-16(6)19(18)10-17;;;;/h4*7-10,13-14H,11-12H2,1-6H3;2*1H;;/q4*-1;;;2*+2/p-2. The van der Waals surface area contributed by atoms with Crippen LogP contribution in [0.5, 0.6) is 0 Å². The van der Waals surface area contributed by atoms with Crippen molar-refractivity contribution in [2.45, 2.75) is 166 Å². The van der Waals surface area contributed by atoms with Crippen LogP contribution >= 0.6 is 31.7 Å². The molecule has 0 aliphatic rings. The number of benzene rings is 4. The van der Waals surface area contributed by atoms with E-state index >= 15 is 0 Å². The van der Waals surface area contributed by atoms with Crippen molar-refractivity contribution in [1.29, 1.82) is 0 Å². The molecule has 0 bridgehead atoms. The van der Waals surface area contributed by atoms with Crippen LogP contribution in [0.25, 0.3) is 43.1 Å². The number of halogens is 2. The Labute approximate surface area is 572 Å². The quantitative estimate of drug-likeness (QED) is 0.0527. The SMILES string of the molecule is Cc1ccc(C)c2[cH-]c(P(CC(C)C)CC(C)C)cc12.Cc1ccc(C)c2[cH-]c(P(CC(C)C)CC(C)C)cc12.Cc1ccc(C)c2[cH-]c(P(CC(C)C)CC(C)C)cc12.Cc1ccc(C)c2[cH-]c(P(CC(C)C)CC(C)C)cc12.[Cl-].[Cl-].[Zr+2].[Zr+2]. The third-order valence-electron chi connectivity index (χ3n) is 15.4. The van der Waals surface area contributed by atoms with Gasteiger partial charge in [0.1, 0.15) is 0 Å². The van der Waals surface area contributed by atoms with Gasteiger partial charge >= 0.3 is 52.4 Å². The van der Waals surface area contributed by atoms with Crippen LogP contribution in [0, 0.1) is 103 Å². The summed E-state index contributed by atoms with van der Waals surface area (Å²) in [4.78, 5) is 0. The van der Waals surface area contributed by atoms with E-state index in [2.05, 4.69) is 263 Å². The zero-order valence-corrected chi connectivity index (χ0v) is 67.1. The van der Waals surface area contributed by atoms with Crippen molar-refractivity contribution in [1.82, 2.24) is 0 Å².